The van der Waals surface area contributed by atoms with Crippen LogP contribution >= 0.6 is 0 Å². The van der Waals surface area contributed by atoms with Gasteiger partial charge in [0.15, 0.2) is 34.8 Å². The van der Waals surface area contributed by atoms with E-state index in [0.29, 0.717) is 59.1 Å². The summed E-state index contributed by atoms with van der Waals surface area (Å²) in [5.74, 6) is 3.78. The zero-order valence-electron chi connectivity index (χ0n) is 44.8. The quantitative estimate of drug-likeness (QED) is 0.0399. The summed E-state index contributed by atoms with van der Waals surface area (Å²) in [7, 11) is 0. The van der Waals surface area contributed by atoms with Crippen molar-refractivity contribution in [1.82, 2.24) is 39.9 Å². The van der Waals surface area contributed by atoms with Crippen molar-refractivity contribution < 1.29 is 9.47 Å². The Balaban J connectivity index is 0.971. The number of hydrogen-bond acceptors (Lipinski definition) is 8. The molecule has 2 aliphatic rings. The normalized spacial score (nSPS) is 11.9. The first-order chi connectivity index (χ1) is 36.7. The fourth-order valence-electron chi connectivity index (χ4n) is 10.8. The van der Waals surface area contributed by atoms with Gasteiger partial charge in [-0.2, -0.15) is 0 Å². The van der Waals surface area contributed by atoms with E-state index in [2.05, 4.69) is 72.3 Å². The molecule has 2 N–H and O–H groups in total. The molecule has 0 saturated carbocycles. The highest BCUT2D eigenvalue weighted by Crippen LogP contribution is 2.40. The van der Waals surface area contributed by atoms with E-state index in [1.807, 2.05) is 36.4 Å². The van der Waals surface area contributed by atoms with Crippen LogP contribution in [0.4, 0.5) is 0 Å². The van der Waals surface area contributed by atoms with Crippen LogP contribution in [0.3, 0.4) is 0 Å². The fraction of sp³-hybridized carbons (Fsp3) is 0.500. The highest BCUT2D eigenvalue weighted by molar-refractivity contribution is 6.07. The number of ether oxygens (including phenoxy) is 2. The van der Waals surface area contributed by atoms with Crippen molar-refractivity contribution in [2.45, 2.75) is 194 Å². The lowest BCUT2D eigenvalue weighted by molar-refractivity contribution is 0.259. The number of rotatable bonds is 32. The summed E-state index contributed by atoms with van der Waals surface area (Å²) in [5, 5.41) is 3.65. The molecule has 3 aromatic heterocycles. The van der Waals surface area contributed by atoms with E-state index in [1.54, 1.807) is 0 Å². The van der Waals surface area contributed by atoms with Gasteiger partial charge in [-0.1, -0.05) is 254 Å². The van der Waals surface area contributed by atoms with Gasteiger partial charge in [0.2, 0.25) is 0 Å². The Morgan fingerprint density at radius 1 is 0.297 bits per heavy atom. The average molecular weight is 995 g/mol. The van der Waals surface area contributed by atoms with Gasteiger partial charge in [0.05, 0.1) is 13.2 Å². The number of nitrogens with one attached hydrogen (secondary N) is 2. The minimum Gasteiger partial charge on any atom is -0.490 e. The number of H-pyrrole nitrogens is 2. The predicted octanol–water partition coefficient (Wildman–Crippen LogP) is 18.6. The van der Waals surface area contributed by atoms with Gasteiger partial charge in [0.1, 0.15) is 22.6 Å². The van der Waals surface area contributed by atoms with Gasteiger partial charge in [-0.25, -0.2) is 29.9 Å². The maximum absolute atomic E-state index is 6.73. The van der Waals surface area contributed by atoms with Gasteiger partial charge in [0, 0.05) is 43.8 Å². The largest absolute Gasteiger partial charge is 0.490 e. The van der Waals surface area contributed by atoms with Crippen LogP contribution in [0.5, 0.6) is 11.5 Å². The molecule has 0 unspecified atom stereocenters. The second-order valence-corrected chi connectivity index (χ2v) is 21.0. The van der Waals surface area contributed by atoms with Crippen molar-refractivity contribution >= 4 is 44.1 Å². The van der Waals surface area contributed by atoms with Crippen LogP contribution in [-0.4, -0.2) is 53.1 Å². The number of unbranched alkanes of at least 4 members (excludes halogenated alkanes) is 26. The van der Waals surface area contributed by atoms with Crippen LogP contribution in [0.1, 0.15) is 194 Å². The fourth-order valence-corrected chi connectivity index (χ4v) is 10.8. The molecular formula is C64H82N8O2. The zero-order valence-corrected chi connectivity index (χ0v) is 44.8. The minimum absolute atomic E-state index is 0.573. The highest BCUT2D eigenvalue weighted by Gasteiger charge is 2.23. The van der Waals surface area contributed by atoms with Gasteiger partial charge >= 0.3 is 0 Å². The monoisotopic (exact) mass is 995 g/mol. The van der Waals surface area contributed by atoms with Gasteiger partial charge in [-0.3, -0.25) is 0 Å². The van der Waals surface area contributed by atoms with Gasteiger partial charge in [0.25, 0.3) is 0 Å². The first kappa shape index (κ1) is 52.7. The maximum Gasteiger partial charge on any atom is 0.164 e. The van der Waals surface area contributed by atoms with Gasteiger partial charge in [-0.05, 0) is 25.0 Å². The van der Waals surface area contributed by atoms with E-state index in [9.17, 15) is 0 Å². The van der Waals surface area contributed by atoms with Crippen LogP contribution in [0.2, 0.25) is 0 Å². The molecule has 0 aliphatic carbocycles. The van der Waals surface area contributed by atoms with E-state index in [0.717, 1.165) is 81.0 Å². The number of aromatic nitrogens is 8. The summed E-state index contributed by atoms with van der Waals surface area (Å²) in [4.78, 5) is 38.4. The van der Waals surface area contributed by atoms with Crippen LogP contribution < -0.4 is 9.47 Å². The average Bonchev–Trinajstić information content (AvgIpc) is 4.17. The number of fused-ring (bicyclic) bond motifs is 20. The summed E-state index contributed by atoms with van der Waals surface area (Å²) < 4.78 is 13.5. The maximum atomic E-state index is 6.73. The summed E-state index contributed by atoms with van der Waals surface area (Å²) >= 11 is 0. The van der Waals surface area contributed by atoms with E-state index in [1.165, 1.54) is 154 Å². The molecule has 10 nitrogen and oxygen atoms in total. The minimum atomic E-state index is 0.573. The lowest BCUT2D eigenvalue weighted by Gasteiger charge is -2.14. The van der Waals surface area contributed by atoms with Crippen molar-refractivity contribution in [2.75, 3.05) is 13.2 Å². The molecule has 0 spiro atoms. The Kier molecular flexibility index (Phi) is 19.9. The number of benzene rings is 4. The van der Waals surface area contributed by atoms with Crippen molar-refractivity contribution in [3.63, 3.8) is 0 Å². The van der Waals surface area contributed by atoms with Gasteiger partial charge < -0.3 is 19.4 Å². The molecule has 0 fully saturated rings. The number of nitrogens with zero attached hydrogens (tertiary/aromatic N) is 6. The first-order valence-electron chi connectivity index (χ1n) is 29.2. The Morgan fingerprint density at radius 3 is 0.851 bits per heavy atom. The molecule has 7 aromatic rings. The molecule has 9 rings (SSSR count). The Morgan fingerprint density at radius 2 is 0.554 bits per heavy atom. The molecular weight excluding hydrogens is 913 g/mol. The van der Waals surface area contributed by atoms with Crippen molar-refractivity contribution in [3.05, 3.63) is 84.9 Å². The summed E-state index contributed by atoms with van der Waals surface area (Å²) in [6.07, 6.45) is 36.9. The zero-order chi connectivity index (χ0) is 50.6. The Hall–Kier alpha value is -6.16. The molecule has 390 valence electrons. The third-order valence-corrected chi connectivity index (χ3v) is 15.1. The third-order valence-electron chi connectivity index (χ3n) is 15.1. The highest BCUT2D eigenvalue weighted by atomic mass is 16.5. The SMILES string of the molecule is CCCCCCCCCCCCCCCCOc1cc2c3nc4nc(nc5[nH]c(nc6nc(nc([nH]3)c2cc1OCCCCCCCCCCCCCCCC)-c1ccccc1-6)c1ccccc51)-c1ccccc1-4. The summed E-state index contributed by atoms with van der Waals surface area (Å²) in [5.41, 5.74) is 6.27. The molecule has 2 aliphatic heterocycles. The molecule has 0 saturated heterocycles. The van der Waals surface area contributed by atoms with Crippen LogP contribution in [0.25, 0.3) is 89.7 Å². The third kappa shape index (κ3) is 14.0. The summed E-state index contributed by atoms with van der Waals surface area (Å²) in [6.45, 7) is 5.83. The van der Waals surface area contributed by atoms with Crippen molar-refractivity contribution in [2.24, 2.45) is 0 Å². The predicted molar refractivity (Wildman–Crippen MR) is 308 cm³/mol. The molecule has 0 atom stereocenters. The summed E-state index contributed by atoms with van der Waals surface area (Å²) in [6, 6.07) is 28.7. The molecule has 10 heteroatoms. The van der Waals surface area contributed by atoms with Crippen LogP contribution in [0, 0.1) is 0 Å². The Bertz CT molecular complexity index is 2850. The second-order valence-electron chi connectivity index (χ2n) is 21.0. The molecule has 0 radical (unpaired) electrons. The number of aromatic amines is 2. The lowest BCUT2D eigenvalue weighted by Crippen LogP contribution is -2.03. The van der Waals surface area contributed by atoms with Crippen molar-refractivity contribution in [1.29, 1.82) is 0 Å². The van der Waals surface area contributed by atoms with E-state index in [-0.39, 0.29) is 0 Å². The molecule has 74 heavy (non-hydrogen) atoms. The lowest BCUT2D eigenvalue weighted by atomic mass is 10.0. The van der Waals surface area contributed by atoms with E-state index < -0.39 is 0 Å². The van der Waals surface area contributed by atoms with E-state index in [4.69, 9.17) is 39.4 Å². The van der Waals surface area contributed by atoms with Crippen LogP contribution in [-0.2, 0) is 0 Å². The number of hydrogen-bond donors (Lipinski definition) is 2. The topological polar surface area (TPSA) is 127 Å². The van der Waals surface area contributed by atoms with E-state index >= 15 is 0 Å². The standard InChI is InChI=1S/C64H82N8O2/c1-3-5-7-9-11-13-15-17-19-21-23-25-27-35-43-73-55-45-53-54(46-56(55)74-44-36-28-26-24-22-20-18-16-14-12-10-8-6-4-2)64-71-62-52-42-34-32-40-50(52)60(69-62)67-58-48-38-30-29-37-47(48)57(65-58)66-59-49-39-31-33-41-51(49)61(68-59)70-63(53)72-64/h29-34,37-42,45-46H,3-28,35-36,43-44H2,1-2H3,(H2,65,66,67,68,69,70,71,72). The van der Waals surface area contributed by atoms with Gasteiger partial charge in [-0.15, -0.1) is 0 Å². The molecule has 4 aromatic carbocycles. The van der Waals surface area contributed by atoms with Crippen LogP contribution in [0.15, 0.2) is 84.9 Å². The van der Waals surface area contributed by atoms with Crippen molar-refractivity contribution in [3.8, 4) is 57.1 Å². The molecule has 5 heterocycles. The smallest absolute Gasteiger partial charge is 0.164 e. The molecule has 0 amide bonds. The Labute approximate surface area is 440 Å². The second kappa shape index (κ2) is 27.9. The molecule has 8 bridgehead atoms. The first-order valence-corrected chi connectivity index (χ1v) is 29.2.